The number of hydrogen-bond donors (Lipinski definition) is 1. The van der Waals surface area contributed by atoms with E-state index < -0.39 is 0 Å². The van der Waals surface area contributed by atoms with Crippen LogP contribution in [0.5, 0.6) is 11.6 Å². The van der Waals surface area contributed by atoms with E-state index in [1.807, 2.05) is 44.3 Å². The first-order valence-electron chi connectivity index (χ1n) is 6.18. The van der Waals surface area contributed by atoms with E-state index in [0.717, 1.165) is 21.3 Å². The molecule has 1 aromatic heterocycles. The van der Waals surface area contributed by atoms with Gasteiger partial charge in [-0.2, -0.15) is 0 Å². The number of halogens is 1. The Bertz CT molecular complexity index is 572. The van der Waals surface area contributed by atoms with Crippen molar-refractivity contribution in [1.29, 1.82) is 0 Å². The molecule has 0 aliphatic rings. The molecule has 19 heavy (non-hydrogen) atoms. The number of pyridine rings is 1. The number of nitrogens with zero attached hydrogens (tertiary/aromatic N) is 1. The molecule has 1 unspecified atom stereocenters. The monoisotopic (exact) mass is 320 g/mol. The average Bonchev–Trinajstić information content (AvgIpc) is 2.41. The fourth-order valence-electron chi connectivity index (χ4n) is 1.81. The number of benzene rings is 1. The lowest BCUT2D eigenvalue weighted by Crippen LogP contribution is -2.13. The molecule has 0 aliphatic carbocycles. The molecule has 1 aromatic carbocycles. The second kappa shape index (κ2) is 6.17. The van der Waals surface area contributed by atoms with Gasteiger partial charge in [-0.3, -0.25) is 0 Å². The molecular weight excluding hydrogens is 304 g/mol. The van der Waals surface area contributed by atoms with Crippen molar-refractivity contribution in [2.45, 2.75) is 19.9 Å². The van der Waals surface area contributed by atoms with Crippen LogP contribution < -0.4 is 10.1 Å². The SMILES string of the molecule is CNC(C)c1cccnc1Oc1ccc(Br)cc1C. The summed E-state index contributed by atoms with van der Waals surface area (Å²) >= 11 is 3.45. The number of hydrogen-bond acceptors (Lipinski definition) is 3. The summed E-state index contributed by atoms with van der Waals surface area (Å²) in [6.07, 6.45) is 1.75. The third-order valence-corrected chi connectivity index (χ3v) is 3.54. The summed E-state index contributed by atoms with van der Waals surface area (Å²) in [5, 5.41) is 3.20. The minimum Gasteiger partial charge on any atom is -0.438 e. The van der Waals surface area contributed by atoms with Crippen molar-refractivity contribution in [2.24, 2.45) is 0 Å². The Kier molecular flexibility index (Phi) is 4.56. The van der Waals surface area contributed by atoms with Crippen molar-refractivity contribution < 1.29 is 4.74 Å². The normalized spacial score (nSPS) is 12.2. The van der Waals surface area contributed by atoms with Gasteiger partial charge in [-0.05, 0) is 50.7 Å². The Balaban J connectivity index is 2.33. The number of rotatable bonds is 4. The molecule has 0 saturated carbocycles. The van der Waals surface area contributed by atoms with Gasteiger partial charge in [0.1, 0.15) is 5.75 Å². The summed E-state index contributed by atoms with van der Waals surface area (Å²) in [6.45, 7) is 4.10. The lowest BCUT2D eigenvalue weighted by molar-refractivity contribution is 0.443. The maximum atomic E-state index is 5.95. The largest absolute Gasteiger partial charge is 0.438 e. The molecule has 0 radical (unpaired) electrons. The molecule has 0 aliphatic heterocycles. The molecule has 0 fully saturated rings. The molecule has 0 spiro atoms. The van der Waals surface area contributed by atoms with Gasteiger partial charge in [0.2, 0.25) is 5.88 Å². The molecule has 2 rings (SSSR count). The minimum atomic E-state index is 0.194. The van der Waals surface area contributed by atoms with Gasteiger partial charge in [-0.1, -0.05) is 22.0 Å². The van der Waals surface area contributed by atoms with Crippen molar-refractivity contribution in [3.8, 4) is 11.6 Å². The highest BCUT2D eigenvalue weighted by Crippen LogP contribution is 2.30. The van der Waals surface area contributed by atoms with Crippen molar-refractivity contribution in [1.82, 2.24) is 10.3 Å². The quantitative estimate of drug-likeness (QED) is 0.915. The van der Waals surface area contributed by atoms with Crippen LogP contribution in [0.15, 0.2) is 41.0 Å². The smallest absolute Gasteiger partial charge is 0.223 e. The van der Waals surface area contributed by atoms with Gasteiger partial charge < -0.3 is 10.1 Å². The average molecular weight is 321 g/mol. The molecule has 3 nitrogen and oxygen atoms in total. The van der Waals surface area contributed by atoms with E-state index in [9.17, 15) is 0 Å². The molecule has 1 atom stereocenters. The van der Waals surface area contributed by atoms with E-state index >= 15 is 0 Å². The van der Waals surface area contributed by atoms with Crippen LogP contribution in [0.4, 0.5) is 0 Å². The van der Waals surface area contributed by atoms with Crippen LogP contribution in [0.3, 0.4) is 0 Å². The Hall–Kier alpha value is -1.39. The highest BCUT2D eigenvalue weighted by atomic mass is 79.9. The maximum Gasteiger partial charge on any atom is 0.223 e. The Morgan fingerprint density at radius 3 is 2.79 bits per heavy atom. The van der Waals surface area contributed by atoms with Crippen LogP contribution in [-0.4, -0.2) is 12.0 Å². The van der Waals surface area contributed by atoms with Gasteiger partial charge in [0.05, 0.1) is 0 Å². The van der Waals surface area contributed by atoms with Crippen molar-refractivity contribution in [2.75, 3.05) is 7.05 Å². The van der Waals surface area contributed by atoms with Crippen LogP contribution >= 0.6 is 15.9 Å². The second-order valence-corrected chi connectivity index (χ2v) is 5.34. The summed E-state index contributed by atoms with van der Waals surface area (Å²) in [7, 11) is 1.92. The van der Waals surface area contributed by atoms with E-state index in [2.05, 4.69) is 33.2 Å². The first kappa shape index (κ1) is 14.0. The number of ether oxygens (including phenoxy) is 1. The predicted molar refractivity (Wildman–Crippen MR) is 80.7 cm³/mol. The first-order chi connectivity index (χ1) is 9.11. The molecule has 4 heteroatoms. The summed E-state index contributed by atoms with van der Waals surface area (Å²) in [5.74, 6) is 1.47. The minimum absolute atomic E-state index is 0.194. The number of aromatic nitrogens is 1. The lowest BCUT2D eigenvalue weighted by atomic mass is 10.1. The maximum absolute atomic E-state index is 5.95. The van der Waals surface area contributed by atoms with Crippen molar-refractivity contribution in [3.63, 3.8) is 0 Å². The Morgan fingerprint density at radius 2 is 2.11 bits per heavy atom. The molecule has 1 heterocycles. The zero-order valence-corrected chi connectivity index (χ0v) is 12.9. The van der Waals surface area contributed by atoms with E-state index in [-0.39, 0.29) is 6.04 Å². The first-order valence-corrected chi connectivity index (χ1v) is 6.97. The summed E-state index contributed by atoms with van der Waals surface area (Å²) in [5.41, 5.74) is 2.12. The standard InChI is InChI=1S/C15H17BrN2O/c1-10-9-12(16)6-7-14(10)19-15-13(11(2)17-3)5-4-8-18-15/h4-9,11,17H,1-3H3. The van der Waals surface area contributed by atoms with Crippen molar-refractivity contribution in [3.05, 3.63) is 52.1 Å². The molecule has 0 bridgehead atoms. The van der Waals surface area contributed by atoms with Gasteiger partial charge in [0.25, 0.3) is 0 Å². The molecule has 100 valence electrons. The van der Waals surface area contributed by atoms with Gasteiger partial charge in [0.15, 0.2) is 0 Å². The van der Waals surface area contributed by atoms with Gasteiger partial charge in [-0.25, -0.2) is 4.98 Å². The van der Waals surface area contributed by atoms with Crippen LogP contribution in [0.2, 0.25) is 0 Å². The predicted octanol–water partition coefficient (Wildman–Crippen LogP) is 4.23. The topological polar surface area (TPSA) is 34.2 Å². The molecule has 2 aromatic rings. The fraction of sp³-hybridized carbons (Fsp3) is 0.267. The fourth-order valence-corrected chi connectivity index (χ4v) is 2.28. The molecule has 1 N–H and O–H groups in total. The zero-order valence-electron chi connectivity index (χ0n) is 11.3. The number of nitrogens with one attached hydrogen (secondary N) is 1. The number of aryl methyl sites for hydroxylation is 1. The second-order valence-electron chi connectivity index (χ2n) is 4.42. The lowest BCUT2D eigenvalue weighted by Gasteiger charge is -2.16. The van der Waals surface area contributed by atoms with Crippen molar-refractivity contribution >= 4 is 15.9 Å². The van der Waals surface area contributed by atoms with E-state index in [4.69, 9.17) is 4.74 Å². The van der Waals surface area contributed by atoms with E-state index in [1.165, 1.54) is 0 Å². The third-order valence-electron chi connectivity index (χ3n) is 3.04. The van der Waals surface area contributed by atoms with E-state index in [0.29, 0.717) is 5.88 Å². The highest BCUT2D eigenvalue weighted by molar-refractivity contribution is 9.10. The Labute approximate surface area is 122 Å². The van der Waals surface area contributed by atoms with Crippen LogP contribution in [0.25, 0.3) is 0 Å². The van der Waals surface area contributed by atoms with Gasteiger partial charge >= 0.3 is 0 Å². The molecule has 0 saturated heterocycles. The third kappa shape index (κ3) is 3.33. The van der Waals surface area contributed by atoms with Gasteiger partial charge in [-0.15, -0.1) is 0 Å². The molecule has 0 amide bonds. The van der Waals surface area contributed by atoms with E-state index in [1.54, 1.807) is 6.20 Å². The summed E-state index contributed by atoms with van der Waals surface area (Å²) < 4.78 is 6.99. The summed E-state index contributed by atoms with van der Waals surface area (Å²) in [4.78, 5) is 4.33. The van der Waals surface area contributed by atoms with Crippen LogP contribution in [0, 0.1) is 6.92 Å². The highest BCUT2D eigenvalue weighted by Gasteiger charge is 2.12. The van der Waals surface area contributed by atoms with Crippen LogP contribution in [0.1, 0.15) is 24.1 Å². The van der Waals surface area contributed by atoms with Crippen LogP contribution in [-0.2, 0) is 0 Å². The Morgan fingerprint density at radius 1 is 1.32 bits per heavy atom. The summed E-state index contributed by atoms with van der Waals surface area (Å²) in [6, 6.07) is 10.1. The zero-order chi connectivity index (χ0) is 13.8. The van der Waals surface area contributed by atoms with Gasteiger partial charge in [0, 0.05) is 22.3 Å². The molecular formula is C15H17BrN2O.